The van der Waals surface area contributed by atoms with E-state index in [1.165, 1.54) is 32.4 Å². The molecule has 5 rings (SSSR count). The number of alkyl halides is 3. The number of hydrogen-bond acceptors (Lipinski definition) is 7. The maximum Gasteiger partial charge on any atom is 0.406 e. The Morgan fingerprint density at radius 2 is 1.96 bits per heavy atom. The van der Waals surface area contributed by atoms with Gasteiger partial charge in [0.05, 0.1) is 42.3 Å². The Hall–Kier alpha value is -5.16. The van der Waals surface area contributed by atoms with Gasteiger partial charge >= 0.3 is 6.18 Å². The standard InChI is InChI=1S/C34H35F4N7O3/c1-21-17-44(18-23-7-4-9-40-16-23)11-8-27(21)43-33(47)25-12-22(13-29-31(25)42-20-45(29)19-34(36,37)38)6-5-10-41-28-14-24(32(46)39-2)26(35)15-30(28)48-3/h4,7,9,12-16,20-21,27,41H,8,10-11,17-19H2,1-3H3,(H,39,46)(H,43,47)/t21-,27-/m0/s1. The number of ether oxygens (including phenoxy) is 1. The molecule has 3 N–H and O–H groups in total. The molecule has 2 aromatic heterocycles. The fraction of sp³-hybridized carbons (Fsp3) is 0.353. The molecular formula is C34H35F4N7O3. The van der Waals surface area contributed by atoms with Gasteiger partial charge in [0.15, 0.2) is 0 Å². The first-order chi connectivity index (χ1) is 23.0. The van der Waals surface area contributed by atoms with Crippen LogP contribution in [0.1, 0.15) is 45.2 Å². The Kier molecular flexibility index (Phi) is 10.5. The summed E-state index contributed by atoms with van der Waals surface area (Å²) in [6, 6.07) is 9.10. The Bertz CT molecular complexity index is 1850. The predicted molar refractivity (Wildman–Crippen MR) is 172 cm³/mol. The lowest BCUT2D eigenvalue weighted by Crippen LogP contribution is -2.49. The van der Waals surface area contributed by atoms with Gasteiger partial charge < -0.3 is 25.3 Å². The SMILES string of the molecule is CNC(=O)c1cc(NCC#Cc2cc(C(=O)N[C@H]3CCN(Cc4cccnc4)C[C@@H]3C)c3ncn(CC(F)(F)F)c3c2)c(OC)cc1F. The molecule has 1 saturated heterocycles. The zero-order valence-electron chi connectivity index (χ0n) is 26.6. The van der Waals surface area contributed by atoms with Crippen LogP contribution in [-0.4, -0.2) is 77.3 Å². The number of amides is 2. The predicted octanol–water partition coefficient (Wildman–Crippen LogP) is 4.60. The number of nitrogens with zero attached hydrogens (tertiary/aromatic N) is 4. The minimum Gasteiger partial charge on any atom is -0.494 e. The van der Waals surface area contributed by atoms with Gasteiger partial charge in [-0.2, -0.15) is 13.2 Å². The van der Waals surface area contributed by atoms with Gasteiger partial charge in [-0.15, -0.1) is 0 Å². The number of hydrogen-bond donors (Lipinski definition) is 3. The minimum absolute atomic E-state index is 0.00564. The number of pyridine rings is 1. The minimum atomic E-state index is -4.51. The van der Waals surface area contributed by atoms with Gasteiger partial charge in [-0.25, -0.2) is 9.37 Å². The molecule has 10 nitrogen and oxygen atoms in total. The van der Waals surface area contributed by atoms with Crippen molar-refractivity contribution >= 4 is 28.5 Å². The van der Waals surface area contributed by atoms with Crippen LogP contribution in [0, 0.1) is 23.6 Å². The summed E-state index contributed by atoms with van der Waals surface area (Å²) in [5.41, 5.74) is 1.89. The number of nitrogens with one attached hydrogen (secondary N) is 3. The molecule has 0 spiro atoms. The van der Waals surface area contributed by atoms with Crippen LogP contribution in [0.2, 0.25) is 0 Å². The van der Waals surface area contributed by atoms with E-state index in [1.54, 1.807) is 6.20 Å². The lowest BCUT2D eigenvalue weighted by Gasteiger charge is -2.37. The van der Waals surface area contributed by atoms with Crippen molar-refractivity contribution in [1.29, 1.82) is 0 Å². The van der Waals surface area contributed by atoms with Gasteiger partial charge in [0, 0.05) is 56.7 Å². The number of halogens is 4. The highest BCUT2D eigenvalue weighted by molar-refractivity contribution is 6.05. The molecule has 3 heterocycles. The van der Waals surface area contributed by atoms with Crippen molar-refractivity contribution in [1.82, 2.24) is 30.1 Å². The lowest BCUT2D eigenvalue weighted by molar-refractivity contribution is -0.140. The normalized spacial score (nSPS) is 16.6. The summed E-state index contributed by atoms with van der Waals surface area (Å²) in [5.74, 6) is 4.20. The van der Waals surface area contributed by atoms with E-state index in [-0.39, 0.29) is 46.4 Å². The highest BCUT2D eigenvalue weighted by Crippen LogP contribution is 2.28. The van der Waals surface area contributed by atoms with Gasteiger partial charge in [-0.05, 0) is 42.2 Å². The third-order valence-corrected chi connectivity index (χ3v) is 8.12. The Balaban J connectivity index is 1.36. The van der Waals surface area contributed by atoms with Gasteiger partial charge in [0.2, 0.25) is 0 Å². The molecule has 48 heavy (non-hydrogen) atoms. The zero-order chi connectivity index (χ0) is 34.4. The number of aromatic nitrogens is 3. The Labute approximate surface area is 274 Å². The second kappa shape index (κ2) is 14.7. The smallest absolute Gasteiger partial charge is 0.406 e. The fourth-order valence-electron chi connectivity index (χ4n) is 5.77. The van der Waals surface area contributed by atoms with Crippen LogP contribution < -0.4 is 20.7 Å². The van der Waals surface area contributed by atoms with Crippen LogP contribution in [0.3, 0.4) is 0 Å². The molecule has 0 bridgehead atoms. The van der Waals surface area contributed by atoms with Gasteiger partial charge in [0.25, 0.3) is 11.8 Å². The van der Waals surface area contributed by atoms with E-state index in [0.29, 0.717) is 17.7 Å². The maximum absolute atomic E-state index is 14.4. The summed E-state index contributed by atoms with van der Waals surface area (Å²) in [5, 5.41) is 8.43. The van der Waals surface area contributed by atoms with Crippen LogP contribution in [-0.2, 0) is 13.1 Å². The number of rotatable bonds is 9. The highest BCUT2D eigenvalue weighted by Gasteiger charge is 2.31. The summed E-state index contributed by atoms with van der Waals surface area (Å²) >= 11 is 0. The highest BCUT2D eigenvalue weighted by atomic mass is 19.4. The monoisotopic (exact) mass is 665 g/mol. The van der Waals surface area contributed by atoms with Crippen molar-refractivity contribution in [3.63, 3.8) is 0 Å². The number of carbonyl (C=O) groups excluding carboxylic acids is 2. The molecular weight excluding hydrogens is 630 g/mol. The summed E-state index contributed by atoms with van der Waals surface area (Å²) in [4.78, 5) is 36.4. The molecule has 2 aromatic carbocycles. The Morgan fingerprint density at radius 3 is 2.65 bits per heavy atom. The summed E-state index contributed by atoms with van der Waals surface area (Å²) in [6.45, 7) is 3.02. The van der Waals surface area contributed by atoms with Crippen molar-refractivity contribution < 1.29 is 31.9 Å². The molecule has 0 saturated carbocycles. The van der Waals surface area contributed by atoms with Crippen molar-refractivity contribution in [2.45, 2.75) is 38.7 Å². The first-order valence-electron chi connectivity index (χ1n) is 15.3. The second-order valence-electron chi connectivity index (χ2n) is 11.6. The molecule has 1 fully saturated rings. The quantitative estimate of drug-likeness (QED) is 0.177. The average molecular weight is 666 g/mol. The van der Waals surface area contributed by atoms with Crippen LogP contribution in [0.15, 0.2) is 55.1 Å². The average Bonchev–Trinajstić information content (AvgIpc) is 3.45. The third kappa shape index (κ3) is 8.21. The number of methoxy groups -OCH3 is 1. The number of benzene rings is 2. The maximum atomic E-state index is 14.4. The van der Waals surface area contributed by atoms with E-state index in [1.807, 2.05) is 18.3 Å². The van der Waals surface area contributed by atoms with Crippen LogP contribution in [0.5, 0.6) is 5.75 Å². The molecule has 2 atom stereocenters. The Morgan fingerprint density at radius 1 is 1.15 bits per heavy atom. The van der Waals surface area contributed by atoms with Crippen molar-refractivity contribution in [2.75, 3.05) is 39.1 Å². The van der Waals surface area contributed by atoms with Crippen LogP contribution in [0.25, 0.3) is 11.0 Å². The van der Waals surface area contributed by atoms with Crippen molar-refractivity contribution in [3.8, 4) is 17.6 Å². The molecule has 0 radical (unpaired) electrons. The molecule has 1 aliphatic heterocycles. The molecule has 0 aliphatic carbocycles. The van der Waals surface area contributed by atoms with Crippen molar-refractivity contribution in [3.05, 3.63) is 83.2 Å². The lowest BCUT2D eigenvalue weighted by atomic mass is 9.93. The number of fused-ring (bicyclic) bond motifs is 1. The number of carbonyl (C=O) groups is 2. The summed E-state index contributed by atoms with van der Waals surface area (Å²) in [7, 11) is 2.73. The largest absolute Gasteiger partial charge is 0.494 e. The number of anilines is 1. The number of imidazole rings is 1. The van der Waals surface area contributed by atoms with E-state index >= 15 is 0 Å². The topological polar surface area (TPSA) is 113 Å². The van der Waals surface area contributed by atoms with E-state index < -0.39 is 30.4 Å². The fourth-order valence-corrected chi connectivity index (χ4v) is 5.77. The van der Waals surface area contributed by atoms with E-state index in [9.17, 15) is 27.2 Å². The summed E-state index contributed by atoms with van der Waals surface area (Å²) < 4.78 is 60.7. The van der Waals surface area contributed by atoms with Gasteiger partial charge in [0.1, 0.15) is 23.6 Å². The summed E-state index contributed by atoms with van der Waals surface area (Å²) in [6.07, 6.45) is 0.806. The van der Waals surface area contributed by atoms with Crippen LogP contribution >= 0.6 is 0 Å². The molecule has 1 aliphatic rings. The molecule has 0 unspecified atom stereocenters. The number of likely N-dealkylation sites (tertiary alicyclic amines) is 1. The molecule has 252 valence electrons. The van der Waals surface area contributed by atoms with Crippen molar-refractivity contribution in [2.24, 2.45) is 5.92 Å². The molecule has 2 amide bonds. The molecule has 4 aromatic rings. The molecule has 14 heteroatoms. The second-order valence-corrected chi connectivity index (χ2v) is 11.6. The first-order valence-corrected chi connectivity index (χ1v) is 15.3. The van der Waals surface area contributed by atoms with Gasteiger partial charge in [-0.1, -0.05) is 24.8 Å². The number of piperidine rings is 1. The van der Waals surface area contributed by atoms with Gasteiger partial charge in [-0.3, -0.25) is 19.5 Å². The van der Waals surface area contributed by atoms with E-state index in [4.69, 9.17) is 4.74 Å². The third-order valence-electron chi connectivity index (χ3n) is 8.12. The first kappa shape index (κ1) is 34.2. The zero-order valence-corrected chi connectivity index (χ0v) is 26.6. The van der Waals surface area contributed by atoms with Crippen LogP contribution in [0.4, 0.5) is 23.2 Å². The van der Waals surface area contributed by atoms with E-state index in [0.717, 1.165) is 42.2 Å². The van der Waals surface area contributed by atoms with E-state index in [2.05, 4.69) is 49.6 Å².